The maximum absolute atomic E-state index is 14.1. The number of thioether (sulfide) groups is 1. The van der Waals surface area contributed by atoms with Crippen molar-refractivity contribution in [3.8, 4) is 0 Å². The predicted octanol–water partition coefficient (Wildman–Crippen LogP) is 5.29. The Kier molecular flexibility index (Phi) is 6.85. The minimum absolute atomic E-state index is 0.0262. The zero-order chi connectivity index (χ0) is 20.0. The molecular weight excluding hydrogens is 367 g/mol. The second kappa shape index (κ2) is 8.90. The van der Waals surface area contributed by atoms with E-state index < -0.39 is 23.4 Å². The zero-order valence-corrected chi connectivity index (χ0v) is 16.6. The van der Waals surface area contributed by atoms with E-state index in [1.807, 2.05) is 18.4 Å². The lowest BCUT2D eigenvalue weighted by molar-refractivity contribution is 0.0635. The minimum Gasteiger partial charge on any atom is -0.444 e. The molecule has 0 spiro atoms. The summed E-state index contributed by atoms with van der Waals surface area (Å²) in [5.74, 6) is -0.175. The van der Waals surface area contributed by atoms with Crippen molar-refractivity contribution in [3.63, 3.8) is 0 Å². The molecule has 0 atom stereocenters. The molecule has 27 heavy (non-hydrogen) atoms. The Morgan fingerprint density at radius 3 is 2.33 bits per heavy atom. The van der Waals surface area contributed by atoms with Crippen LogP contribution in [-0.2, 0) is 10.5 Å². The molecule has 5 nitrogen and oxygen atoms in total. The first-order valence-electron chi connectivity index (χ1n) is 8.37. The highest BCUT2D eigenvalue weighted by Gasteiger charge is 2.17. The van der Waals surface area contributed by atoms with E-state index in [-0.39, 0.29) is 5.69 Å². The van der Waals surface area contributed by atoms with Crippen LogP contribution in [0.3, 0.4) is 0 Å². The SMILES string of the molecule is CSCc1ccc(C(=O)Nc2cc(NC(=O)OC(C)(C)C)ccc2F)cc1. The summed E-state index contributed by atoms with van der Waals surface area (Å²) in [7, 11) is 0. The molecule has 2 amide bonds. The summed E-state index contributed by atoms with van der Waals surface area (Å²) in [4.78, 5) is 24.2. The van der Waals surface area contributed by atoms with Crippen LogP contribution in [0, 0.1) is 5.82 Å². The molecule has 0 saturated carbocycles. The van der Waals surface area contributed by atoms with E-state index in [0.717, 1.165) is 11.3 Å². The van der Waals surface area contributed by atoms with E-state index in [9.17, 15) is 14.0 Å². The molecule has 144 valence electrons. The molecular formula is C20H23FN2O3S. The molecule has 2 N–H and O–H groups in total. The molecule has 7 heteroatoms. The van der Waals surface area contributed by atoms with Crippen molar-refractivity contribution in [3.05, 3.63) is 59.4 Å². The van der Waals surface area contributed by atoms with Crippen molar-refractivity contribution in [1.29, 1.82) is 0 Å². The highest BCUT2D eigenvalue weighted by atomic mass is 32.2. The summed E-state index contributed by atoms with van der Waals surface area (Å²) in [6.07, 6.45) is 1.34. The number of benzene rings is 2. The van der Waals surface area contributed by atoms with Crippen molar-refractivity contribution in [2.75, 3.05) is 16.9 Å². The highest BCUT2D eigenvalue weighted by molar-refractivity contribution is 7.97. The van der Waals surface area contributed by atoms with Crippen molar-refractivity contribution >= 4 is 35.1 Å². The summed E-state index contributed by atoms with van der Waals surface area (Å²) in [6.45, 7) is 5.23. The van der Waals surface area contributed by atoms with Crippen molar-refractivity contribution in [2.45, 2.75) is 32.1 Å². The van der Waals surface area contributed by atoms with Gasteiger partial charge in [-0.1, -0.05) is 12.1 Å². The second-order valence-corrected chi connectivity index (χ2v) is 7.77. The van der Waals surface area contributed by atoms with Crippen LogP contribution in [0.2, 0.25) is 0 Å². The van der Waals surface area contributed by atoms with Crippen LogP contribution in [0.5, 0.6) is 0 Å². The average molecular weight is 390 g/mol. The lowest BCUT2D eigenvalue weighted by atomic mass is 10.1. The number of amides is 2. The highest BCUT2D eigenvalue weighted by Crippen LogP contribution is 2.21. The summed E-state index contributed by atoms with van der Waals surface area (Å²) in [5.41, 5.74) is 1.17. The fourth-order valence-electron chi connectivity index (χ4n) is 2.23. The fourth-order valence-corrected chi connectivity index (χ4v) is 2.76. The van der Waals surface area contributed by atoms with Gasteiger partial charge in [0.05, 0.1) is 5.69 Å². The first-order chi connectivity index (χ1) is 12.7. The summed E-state index contributed by atoms with van der Waals surface area (Å²) >= 11 is 1.69. The lowest BCUT2D eigenvalue weighted by Gasteiger charge is -2.19. The molecule has 0 radical (unpaired) electrons. The molecule has 2 aromatic rings. The standard InChI is InChI=1S/C20H23FN2O3S/c1-20(2,3)26-19(25)22-15-9-10-16(21)17(11-15)23-18(24)14-7-5-13(6-8-14)12-27-4/h5-11H,12H2,1-4H3,(H,22,25)(H,23,24). The summed E-state index contributed by atoms with van der Waals surface area (Å²) < 4.78 is 19.2. The molecule has 0 aliphatic carbocycles. The molecule has 0 unspecified atom stereocenters. The maximum Gasteiger partial charge on any atom is 0.412 e. The van der Waals surface area contributed by atoms with Crippen molar-refractivity contribution in [2.24, 2.45) is 0 Å². The van der Waals surface area contributed by atoms with Gasteiger partial charge in [0.15, 0.2) is 0 Å². The predicted molar refractivity (Wildman–Crippen MR) is 108 cm³/mol. The smallest absolute Gasteiger partial charge is 0.412 e. The number of carbonyl (C=O) groups is 2. The van der Waals surface area contributed by atoms with E-state index in [1.54, 1.807) is 44.7 Å². The number of rotatable bonds is 5. The Balaban J connectivity index is 2.09. The van der Waals surface area contributed by atoms with Gasteiger partial charge in [0.2, 0.25) is 0 Å². The van der Waals surface area contributed by atoms with Crippen LogP contribution in [0.4, 0.5) is 20.6 Å². The van der Waals surface area contributed by atoms with Gasteiger partial charge < -0.3 is 10.1 Å². The summed E-state index contributed by atoms with van der Waals surface area (Å²) in [5, 5.41) is 5.05. The third-order valence-corrected chi connectivity index (χ3v) is 4.01. The van der Waals surface area contributed by atoms with Gasteiger partial charge in [0.1, 0.15) is 11.4 Å². The van der Waals surface area contributed by atoms with Gasteiger partial charge in [-0.25, -0.2) is 9.18 Å². The largest absolute Gasteiger partial charge is 0.444 e. The molecule has 0 aliphatic heterocycles. The van der Waals surface area contributed by atoms with Gasteiger partial charge in [0, 0.05) is 17.0 Å². The van der Waals surface area contributed by atoms with Crippen LogP contribution in [-0.4, -0.2) is 23.9 Å². The van der Waals surface area contributed by atoms with E-state index in [4.69, 9.17) is 4.74 Å². The Bertz CT molecular complexity index is 817. The summed E-state index contributed by atoms with van der Waals surface area (Å²) in [6, 6.07) is 11.0. The van der Waals surface area contributed by atoms with Gasteiger partial charge in [-0.2, -0.15) is 11.8 Å². The zero-order valence-electron chi connectivity index (χ0n) is 15.8. The number of carbonyl (C=O) groups excluding carboxylic acids is 2. The number of hydrogen-bond donors (Lipinski definition) is 2. The molecule has 0 fully saturated rings. The number of anilines is 2. The first-order valence-corrected chi connectivity index (χ1v) is 9.76. The van der Waals surface area contributed by atoms with E-state index in [2.05, 4.69) is 10.6 Å². The van der Waals surface area contributed by atoms with Gasteiger partial charge in [-0.15, -0.1) is 0 Å². The van der Waals surface area contributed by atoms with Crippen LogP contribution < -0.4 is 10.6 Å². The van der Waals surface area contributed by atoms with Gasteiger partial charge in [-0.05, 0) is 62.9 Å². The third kappa shape index (κ3) is 6.60. The van der Waals surface area contributed by atoms with Gasteiger partial charge in [-0.3, -0.25) is 10.1 Å². The van der Waals surface area contributed by atoms with Gasteiger partial charge >= 0.3 is 6.09 Å². The second-order valence-electron chi connectivity index (χ2n) is 6.91. The first kappa shape index (κ1) is 20.8. The van der Waals surface area contributed by atoms with E-state index in [1.165, 1.54) is 18.2 Å². The Morgan fingerprint density at radius 2 is 1.74 bits per heavy atom. The van der Waals surface area contributed by atoms with Crippen LogP contribution in [0.1, 0.15) is 36.7 Å². The molecule has 2 aromatic carbocycles. The van der Waals surface area contributed by atoms with Crippen LogP contribution in [0.15, 0.2) is 42.5 Å². The molecule has 2 rings (SSSR count). The maximum atomic E-state index is 14.1. The van der Waals surface area contributed by atoms with Crippen LogP contribution >= 0.6 is 11.8 Å². The molecule has 0 aliphatic rings. The van der Waals surface area contributed by atoms with E-state index in [0.29, 0.717) is 11.3 Å². The number of nitrogens with one attached hydrogen (secondary N) is 2. The molecule has 0 aromatic heterocycles. The topological polar surface area (TPSA) is 67.4 Å². The van der Waals surface area contributed by atoms with Crippen molar-refractivity contribution in [1.82, 2.24) is 0 Å². The normalized spacial score (nSPS) is 11.0. The molecule has 0 bridgehead atoms. The molecule has 0 saturated heterocycles. The molecule has 0 heterocycles. The lowest BCUT2D eigenvalue weighted by Crippen LogP contribution is -2.27. The minimum atomic E-state index is -0.657. The number of halogens is 1. The monoisotopic (exact) mass is 390 g/mol. The quantitative estimate of drug-likeness (QED) is 0.728. The third-order valence-electron chi connectivity index (χ3n) is 3.39. The Morgan fingerprint density at radius 1 is 1.07 bits per heavy atom. The Labute approximate surface area is 162 Å². The number of hydrogen-bond acceptors (Lipinski definition) is 4. The average Bonchev–Trinajstić information content (AvgIpc) is 2.57. The number of ether oxygens (including phenoxy) is 1. The fraction of sp³-hybridized carbons (Fsp3) is 0.300. The van der Waals surface area contributed by atoms with Crippen LogP contribution in [0.25, 0.3) is 0 Å². The van der Waals surface area contributed by atoms with E-state index >= 15 is 0 Å². The van der Waals surface area contributed by atoms with Crippen molar-refractivity contribution < 1.29 is 18.7 Å². The Hall–Kier alpha value is -2.54. The van der Waals surface area contributed by atoms with Gasteiger partial charge in [0.25, 0.3) is 5.91 Å².